The van der Waals surface area contributed by atoms with Crippen molar-refractivity contribution in [1.82, 2.24) is 4.90 Å². The lowest BCUT2D eigenvalue weighted by Gasteiger charge is -2.34. The number of nitrogens with one attached hydrogen (secondary N) is 1. The van der Waals surface area contributed by atoms with Crippen molar-refractivity contribution in [3.8, 4) is 0 Å². The van der Waals surface area contributed by atoms with E-state index in [2.05, 4.69) is 5.32 Å². The second kappa shape index (κ2) is 8.55. The summed E-state index contributed by atoms with van der Waals surface area (Å²) in [4.78, 5) is 24.2. The van der Waals surface area contributed by atoms with Gasteiger partial charge in [0.2, 0.25) is 5.91 Å². The van der Waals surface area contributed by atoms with Crippen LogP contribution in [0.3, 0.4) is 0 Å². The minimum Gasteiger partial charge on any atom is -0.379 e. The van der Waals surface area contributed by atoms with E-state index in [0.29, 0.717) is 19.2 Å². The van der Waals surface area contributed by atoms with E-state index >= 15 is 0 Å². The maximum atomic E-state index is 12.7. The van der Waals surface area contributed by atoms with Crippen LogP contribution in [0.2, 0.25) is 0 Å². The Bertz CT molecular complexity index is 694. The van der Waals surface area contributed by atoms with Crippen LogP contribution in [-0.2, 0) is 11.0 Å². The van der Waals surface area contributed by atoms with Gasteiger partial charge in [-0.25, -0.2) is 0 Å². The molecule has 27 heavy (non-hydrogen) atoms. The van der Waals surface area contributed by atoms with Crippen molar-refractivity contribution in [1.29, 1.82) is 0 Å². The molecule has 1 aromatic carbocycles. The molecule has 1 aliphatic rings. The van der Waals surface area contributed by atoms with Crippen molar-refractivity contribution in [2.24, 2.45) is 11.7 Å². The van der Waals surface area contributed by atoms with E-state index in [1.165, 1.54) is 0 Å². The van der Waals surface area contributed by atoms with Crippen molar-refractivity contribution in [3.05, 3.63) is 33.9 Å². The fourth-order valence-electron chi connectivity index (χ4n) is 3.14. The highest BCUT2D eigenvalue weighted by Gasteiger charge is 2.33. The average molecular weight is 388 g/mol. The molecule has 1 heterocycles. The van der Waals surface area contributed by atoms with Crippen molar-refractivity contribution >= 4 is 17.3 Å². The largest absolute Gasteiger partial charge is 0.416 e. The number of halogens is 3. The minimum absolute atomic E-state index is 0.00600. The Morgan fingerprint density at radius 1 is 1.48 bits per heavy atom. The number of benzene rings is 1. The van der Waals surface area contributed by atoms with E-state index in [1.54, 1.807) is 4.90 Å². The highest BCUT2D eigenvalue weighted by Crippen LogP contribution is 2.34. The summed E-state index contributed by atoms with van der Waals surface area (Å²) in [7, 11) is 0. The van der Waals surface area contributed by atoms with Gasteiger partial charge in [-0.3, -0.25) is 14.9 Å². The Hall–Kier alpha value is -2.36. The monoisotopic (exact) mass is 388 g/mol. The summed E-state index contributed by atoms with van der Waals surface area (Å²) >= 11 is 0. The predicted molar refractivity (Wildman–Crippen MR) is 94.2 cm³/mol. The van der Waals surface area contributed by atoms with Crippen LogP contribution in [0.4, 0.5) is 24.5 Å². The van der Waals surface area contributed by atoms with Gasteiger partial charge in [0, 0.05) is 38.2 Å². The number of carbonyl (C=O) groups excluding carboxylic acids is 1. The quantitative estimate of drug-likeness (QED) is 0.576. The third-order valence-electron chi connectivity index (χ3n) is 4.73. The summed E-state index contributed by atoms with van der Waals surface area (Å²) in [5.74, 6) is 0.133. The summed E-state index contributed by atoms with van der Waals surface area (Å²) in [5, 5.41) is 13.8. The summed E-state index contributed by atoms with van der Waals surface area (Å²) in [6.07, 6.45) is -2.73. The summed E-state index contributed by atoms with van der Waals surface area (Å²) in [6.45, 7) is 3.22. The molecule has 0 aromatic heterocycles. The molecule has 7 nitrogen and oxygen atoms in total. The number of alkyl halides is 3. The van der Waals surface area contributed by atoms with Crippen molar-refractivity contribution in [2.45, 2.75) is 38.4 Å². The maximum absolute atomic E-state index is 12.7. The Morgan fingerprint density at radius 3 is 2.78 bits per heavy atom. The van der Waals surface area contributed by atoms with Gasteiger partial charge in [0.05, 0.1) is 10.5 Å². The number of piperidine rings is 1. The van der Waals surface area contributed by atoms with Gasteiger partial charge in [-0.2, -0.15) is 13.2 Å². The number of anilines is 1. The lowest BCUT2D eigenvalue weighted by molar-refractivity contribution is -0.384. The fourth-order valence-corrected chi connectivity index (χ4v) is 3.14. The number of amides is 1. The van der Waals surface area contributed by atoms with Crippen LogP contribution < -0.4 is 11.1 Å². The van der Waals surface area contributed by atoms with Crippen LogP contribution in [0.25, 0.3) is 0 Å². The van der Waals surface area contributed by atoms with Crippen LogP contribution in [0.5, 0.6) is 0 Å². The number of rotatable bonds is 6. The van der Waals surface area contributed by atoms with E-state index < -0.39 is 22.4 Å². The van der Waals surface area contributed by atoms with Gasteiger partial charge in [-0.05, 0) is 37.8 Å². The molecule has 1 saturated heterocycles. The molecule has 0 bridgehead atoms. The number of nitrogens with two attached hydrogens (primary N) is 1. The van der Waals surface area contributed by atoms with Crippen molar-refractivity contribution < 1.29 is 22.9 Å². The molecule has 0 spiro atoms. The second-order valence-electron chi connectivity index (χ2n) is 6.76. The molecule has 2 unspecified atom stereocenters. The summed E-state index contributed by atoms with van der Waals surface area (Å²) < 4.78 is 38.1. The zero-order valence-electron chi connectivity index (χ0n) is 15.0. The van der Waals surface area contributed by atoms with Crippen LogP contribution in [0, 0.1) is 16.0 Å². The molecule has 2 atom stereocenters. The van der Waals surface area contributed by atoms with E-state index in [-0.39, 0.29) is 36.5 Å². The van der Waals surface area contributed by atoms with Crippen LogP contribution in [0.1, 0.15) is 31.7 Å². The third-order valence-corrected chi connectivity index (χ3v) is 4.73. The van der Waals surface area contributed by atoms with Crippen molar-refractivity contribution in [2.75, 3.05) is 25.0 Å². The molecular formula is C17H23F3N4O3. The lowest BCUT2D eigenvalue weighted by Crippen LogP contribution is -2.45. The van der Waals surface area contributed by atoms with Gasteiger partial charge in [0.15, 0.2) is 0 Å². The first kappa shape index (κ1) is 20.9. The Kier molecular flexibility index (Phi) is 6.63. The van der Waals surface area contributed by atoms with Gasteiger partial charge in [0.1, 0.15) is 5.69 Å². The highest BCUT2D eigenvalue weighted by atomic mass is 19.4. The van der Waals surface area contributed by atoms with Gasteiger partial charge < -0.3 is 16.0 Å². The fraction of sp³-hybridized carbons (Fsp3) is 0.588. The number of carbonyl (C=O) groups is 1. The first-order chi connectivity index (χ1) is 12.6. The van der Waals surface area contributed by atoms with Gasteiger partial charge in [-0.15, -0.1) is 0 Å². The van der Waals surface area contributed by atoms with E-state index in [9.17, 15) is 28.1 Å². The summed E-state index contributed by atoms with van der Waals surface area (Å²) in [6, 6.07) is 2.27. The Labute approximate surface area is 154 Å². The van der Waals surface area contributed by atoms with E-state index in [1.807, 2.05) is 6.92 Å². The topological polar surface area (TPSA) is 102 Å². The number of nitro groups is 1. The van der Waals surface area contributed by atoms with Crippen molar-refractivity contribution in [3.63, 3.8) is 0 Å². The van der Waals surface area contributed by atoms with Crippen LogP contribution >= 0.6 is 0 Å². The Morgan fingerprint density at radius 2 is 2.19 bits per heavy atom. The van der Waals surface area contributed by atoms with Gasteiger partial charge >= 0.3 is 6.18 Å². The molecule has 10 heteroatoms. The van der Waals surface area contributed by atoms with Crippen LogP contribution in [-0.4, -0.2) is 41.4 Å². The molecule has 1 fully saturated rings. The van der Waals surface area contributed by atoms with Crippen LogP contribution in [0.15, 0.2) is 18.2 Å². The zero-order valence-corrected chi connectivity index (χ0v) is 15.0. The molecule has 3 N–H and O–H groups in total. The first-order valence-corrected chi connectivity index (χ1v) is 8.72. The predicted octanol–water partition coefficient (Wildman–Crippen LogP) is 3.00. The highest BCUT2D eigenvalue weighted by molar-refractivity contribution is 5.77. The molecule has 0 radical (unpaired) electrons. The molecular weight excluding hydrogens is 365 g/mol. The average Bonchev–Trinajstić information content (AvgIpc) is 2.60. The Balaban J connectivity index is 1.96. The number of nitrogens with zero attached hydrogens (tertiary/aromatic N) is 2. The molecule has 0 aliphatic carbocycles. The zero-order chi connectivity index (χ0) is 20.2. The molecule has 0 saturated carbocycles. The smallest absolute Gasteiger partial charge is 0.379 e. The van der Waals surface area contributed by atoms with Gasteiger partial charge in [-0.1, -0.05) is 0 Å². The molecule has 1 aromatic rings. The number of hydrogen-bond donors (Lipinski definition) is 2. The maximum Gasteiger partial charge on any atom is 0.416 e. The second-order valence-corrected chi connectivity index (χ2v) is 6.76. The van der Waals surface area contributed by atoms with E-state index in [4.69, 9.17) is 5.73 Å². The van der Waals surface area contributed by atoms with E-state index in [0.717, 1.165) is 25.0 Å². The minimum atomic E-state index is -4.66. The number of likely N-dealkylation sites (tertiary alicyclic amines) is 1. The number of nitro benzene ring substituents is 1. The van der Waals surface area contributed by atoms with Gasteiger partial charge in [0.25, 0.3) is 5.69 Å². The third kappa shape index (κ3) is 5.56. The first-order valence-electron chi connectivity index (χ1n) is 8.72. The number of hydrogen-bond acceptors (Lipinski definition) is 5. The normalized spacial score (nSPS) is 18.9. The lowest BCUT2D eigenvalue weighted by atomic mass is 9.92. The molecule has 1 aliphatic heterocycles. The standard InChI is InChI=1S/C17H23F3N4O3/c1-11(21)12-3-2-8-23(10-12)16(25)6-7-22-14-5-4-13(17(18,19)20)9-15(14)24(26)27/h4-5,9,11-12,22H,2-3,6-8,10,21H2,1H3. The SMILES string of the molecule is CC(N)C1CCCN(C(=O)CCNc2ccc(C(F)(F)F)cc2[N+](=O)[O-])C1. The molecule has 1 amide bonds. The summed E-state index contributed by atoms with van der Waals surface area (Å²) in [5.41, 5.74) is 4.09. The molecule has 2 rings (SSSR count). The molecule has 150 valence electrons.